The Kier molecular flexibility index (Phi) is 5.07. The van der Waals surface area contributed by atoms with Crippen LogP contribution in [0.2, 0.25) is 0 Å². The van der Waals surface area contributed by atoms with E-state index in [0.717, 1.165) is 18.5 Å². The fraction of sp³-hybridized carbons (Fsp3) is 0.368. The molecule has 4 rings (SSSR count). The maximum atomic E-state index is 12.5. The lowest BCUT2D eigenvalue weighted by molar-refractivity contribution is -0.124. The predicted molar refractivity (Wildman–Crippen MR) is 104 cm³/mol. The molecule has 0 saturated heterocycles. The van der Waals surface area contributed by atoms with Crippen molar-refractivity contribution in [1.82, 2.24) is 34.7 Å². The second kappa shape index (κ2) is 7.82. The lowest BCUT2D eigenvalue weighted by atomic mass is 10.2. The number of carbonyl (C=O) groups excluding carboxylic acids is 1. The highest BCUT2D eigenvalue weighted by atomic mass is 16.2. The molecule has 10 heteroatoms. The van der Waals surface area contributed by atoms with Gasteiger partial charge in [-0.05, 0) is 38.0 Å². The molecule has 150 valence electrons. The average molecular weight is 395 g/mol. The fourth-order valence-corrected chi connectivity index (χ4v) is 2.98. The zero-order chi connectivity index (χ0) is 20.4. The molecule has 0 spiro atoms. The minimum atomic E-state index is -0.749. The third-order valence-corrected chi connectivity index (χ3v) is 4.80. The number of hydrogen-bond acceptors (Lipinski definition) is 6. The Balaban J connectivity index is 1.40. The van der Waals surface area contributed by atoms with E-state index in [1.807, 2.05) is 0 Å². The van der Waals surface area contributed by atoms with Gasteiger partial charge in [-0.3, -0.25) is 14.4 Å². The van der Waals surface area contributed by atoms with E-state index >= 15 is 0 Å². The molecule has 1 aliphatic carbocycles. The summed E-state index contributed by atoms with van der Waals surface area (Å²) in [6.45, 7) is 2.01. The monoisotopic (exact) mass is 395 g/mol. The zero-order valence-electron chi connectivity index (χ0n) is 15.9. The van der Waals surface area contributed by atoms with Crippen molar-refractivity contribution in [2.24, 2.45) is 0 Å². The number of nitrogens with one attached hydrogen (secondary N) is 1. The largest absolute Gasteiger partial charge is 0.352 e. The highest BCUT2D eigenvalue weighted by molar-refractivity contribution is 5.79. The summed E-state index contributed by atoms with van der Waals surface area (Å²) in [4.78, 5) is 36.6. The average Bonchev–Trinajstić information content (AvgIpc) is 3.43. The van der Waals surface area contributed by atoms with Gasteiger partial charge in [-0.15, -0.1) is 5.10 Å². The molecule has 1 fully saturated rings. The molecule has 3 aromatic heterocycles. The molecule has 1 amide bonds. The maximum Gasteiger partial charge on any atom is 0.267 e. The van der Waals surface area contributed by atoms with Crippen LogP contribution >= 0.6 is 0 Å². The van der Waals surface area contributed by atoms with Crippen LogP contribution in [-0.2, 0) is 11.3 Å². The van der Waals surface area contributed by atoms with Gasteiger partial charge < -0.3 is 5.32 Å². The van der Waals surface area contributed by atoms with Crippen LogP contribution in [0.5, 0.6) is 0 Å². The van der Waals surface area contributed by atoms with E-state index in [2.05, 4.69) is 20.6 Å². The van der Waals surface area contributed by atoms with Gasteiger partial charge in [0.2, 0.25) is 5.91 Å². The Labute approximate surface area is 165 Å². The summed E-state index contributed by atoms with van der Waals surface area (Å²) in [5, 5.41) is 15.4. The van der Waals surface area contributed by atoms with E-state index in [-0.39, 0.29) is 30.1 Å². The molecule has 0 radical (unpaired) electrons. The normalized spacial score (nSPS) is 14.5. The SMILES string of the molecule is C[C@H](C(=O)NCCn1nc(-n2cccn2)ccc1=O)n1nc(C2CC2)ccc1=O. The number of nitrogens with zero attached hydrogens (tertiary/aromatic N) is 6. The van der Waals surface area contributed by atoms with Crippen LogP contribution in [0.15, 0.2) is 52.3 Å². The topological polar surface area (TPSA) is 117 Å². The second-order valence-electron chi connectivity index (χ2n) is 6.99. The van der Waals surface area contributed by atoms with E-state index in [1.54, 1.807) is 42.2 Å². The highest BCUT2D eigenvalue weighted by Gasteiger charge is 2.27. The first kappa shape index (κ1) is 18.8. The third-order valence-electron chi connectivity index (χ3n) is 4.80. The summed E-state index contributed by atoms with van der Waals surface area (Å²) in [6, 6.07) is 7.17. The Morgan fingerprint density at radius 1 is 1.17 bits per heavy atom. The van der Waals surface area contributed by atoms with Crippen molar-refractivity contribution in [2.45, 2.75) is 38.3 Å². The molecule has 1 atom stereocenters. The smallest absolute Gasteiger partial charge is 0.267 e. The predicted octanol–water partition coefficient (Wildman–Crippen LogP) is 0.240. The van der Waals surface area contributed by atoms with Crippen LogP contribution in [0.25, 0.3) is 5.82 Å². The quantitative estimate of drug-likeness (QED) is 0.613. The van der Waals surface area contributed by atoms with Gasteiger partial charge in [-0.25, -0.2) is 14.0 Å². The van der Waals surface area contributed by atoms with Crippen LogP contribution in [0.4, 0.5) is 0 Å². The van der Waals surface area contributed by atoms with E-state index in [1.165, 1.54) is 21.5 Å². The number of carbonyl (C=O) groups is 1. The van der Waals surface area contributed by atoms with Crippen molar-refractivity contribution in [2.75, 3.05) is 6.54 Å². The van der Waals surface area contributed by atoms with Crippen LogP contribution in [0, 0.1) is 0 Å². The molecule has 3 aromatic rings. The molecule has 0 unspecified atom stereocenters. The van der Waals surface area contributed by atoms with E-state index in [4.69, 9.17) is 0 Å². The Morgan fingerprint density at radius 3 is 2.69 bits per heavy atom. The molecule has 0 aliphatic heterocycles. The molecular weight excluding hydrogens is 374 g/mol. The molecule has 29 heavy (non-hydrogen) atoms. The molecule has 0 aromatic carbocycles. The summed E-state index contributed by atoms with van der Waals surface area (Å²) in [5.74, 6) is 0.544. The summed E-state index contributed by atoms with van der Waals surface area (Å²) in [5.41, 5.74) is 0.246. The first-order valence-corrected chi connectivity index (χ1v) is 9.48. The van der Waals surface area contributed by atoms with Crippen molar-refractivity contribution in [3.63, 3.8) is 0 Å². The van der Waals surface area contributed by atoms with Gasteiger partial charge in [0, 0.05) is 37.0 Å². The van der Waals surface area contributed by atoms with Crippen molar-refractivity contribution in [3.05, 3.63) is 69.1 Å². The van der Waals surface area contributed by atoms with Gasteiger partial charge in [0.05, 0.1) is 12.2 Å². The standard InChI is InChI=1S/C19H21N7O3/c1-13(26-18(28)7-5-15(22-26)14-3-4-14)19(29)20-10-12-25-17(27)8-6-16(23-25)24-11-2-9-21-24/h2,5-9,11,13-14H,3-4,10,12H2,1H3,(H,20,29)/t13-/m1/s1. The minimum Gasteiger partial charge on any atom is -0.352 e. The van der Waals surface area contributed by atoms with E-state index in [9.17, 15) is 14.4 Å². The van der Waals surface area contributed by atoms with Gasteiger partial charge in [-0.1, -0.05) is 0 Å². The molecule has 0 bridgehead atoms. The fourth-order valence-electron chi connectivity index (χ4n) is 2.98. The molecule has 3 heterocycles. The van der Waals surface area contributed by atoms with E-state index in [0.29, 0.717) is 11.7 Å². The molecule has 1 N–H and O–H groups in total. The third kappa shape index (κ3) is 4.15. The Hall–Kier alpha value is -3.56. The molecule has 1 aliphatic rings. The second-order valence-corrected chi connectivity index (χ2v) is 6.99. The van der Waals surface area contributed by atoms with Gasteiger partial charge >= 0.3 is 0 Å². The Bertz CT molecular complexity index is 1130. The lowest BCUT2D eigenvalue weighted by Gasteiger charge is -2.15. The Morgan fingerprint density at radius 2 is 1.97 bits per heavy atom. The van der Waals surface area contributed by atoms with E-state index < -0.39 is 6.04 Å². The summed E-state index contributed by atoms with van der Waals surface area (Å²) >= 11 is 0. The lowest BCUT2D eigenvalue weighted by Crippen LogP contribution is -2.39. The summed E-state index contributed by atoms with van der Waals surface area (Å²) in [7, 11) is 0. The molecular formula is C19H21N7O3. The van der Waals surface area contributed by atoms with Crippen molar-refractivity contribution in [3.8, 4) is 5.82 Å². The van der Waals surface area contributed by atoms with Crippen LogP contribution in [0.1, 0.15) is 37.4 Å². The number of rotatable bonds is 7. The van der Waals surface area contributed by atoms with Gasteiger partial charge in [0.15, 0.2) is 5.82 Å². The summed E-state index contributed by atoms with van der Waals surface area (Å²) in [6.07, 6.45) is 5.46. The van der Waals surface area contributed by atoms with Gasteiger partial charge in [0.1, 0.15) is 6.04 Å². The van der Waals surface area contributed by atoms with Crippen LogP contribution in [-0.4, -0.2) is 41.8 Å². The van der Waals surface area contributed by atoms with Crippen LogP contribution < -0.4 is 16.4 Å². The van der Waals surface area contributed by atoms with Gasteiger partial charge in [0.25, 0.3) is 11.1 Å². The van der Waals surface area contributed by atoms with Crippen LogP contribution in [0.3, 0.4) is 0 Å². The first-order chi connectivity index (χ1) is 14.0. The number of aromatic nitrogens is 6. The van der Waals surface area contributed by atoms with Crippen molar-refractivity contribution < 1.29 is 4.79 Å². The molecule has 1 saturated carbocycles. The van der Waals surface area contributed by atoms with Gasteiger partial charge in [-0.2, -0.15) is 10.2 Å². The highest BCUT2D eigenvalue weighted by Crippen LogP contribution is 2.38. The van der Waals surface area contributed by atoms with Crippen molar-refractivity contribution in [1.29, 1.82) is 0 Å². The number of amides is 1. The maximum absolute atomic E-state index is 12.5. The molecule has 10 nitrogen and oxygen atoms in total. The first-order valence-electron chi connectivity index (χ1n) is 9.48. The number of hydrogen-bond donors (Lipinski definition) is 1. The summed E-state index contributed by atoms with van der Waals surface area (Å²) < 4.78 is 4.02. The van der Waals surface area contributed by atoms with Crippen molar-refractivity contribution >= 4 is 5.91 Å². The minimum absolute atomic E-state index is 0.190. The zero-order valence-corrected chi connectivity index (χ0v) is 15.9.